The molecular formula is C21H28N4O. The predicted molar refractivity (Wildman–Crippen MR) is 101 cm³/mol. The van der Waals surface area contributed by atoms with Crippen LogP contribution in [0.1, 0.15) is 69.3 Å². The van der Waals surface area contributed by atoms with Crippen LogP contribution in [-0.2, 0) is 4.79 Å². The zero-order chi connectivity index (χ0) is 18.1. The third-order valence-corrected chi connectivity index (χ3v) is 5.79. The second-order valence-electron chi connectivity index (χ2n) is 7.98. The number of piperidine rings is 1. The van der Waals surface area contributed by atoms with Crippen LogP contribution in [0, 0.1) is 5.92 Å². The van der Waals surface area contributed by atoms with E-state index in [-0.39, 0.29) is 5.92 Å². The van der Waals surface area contributed by atoms with Crippen molar-refractivity contribution in [2.45, 2.75) is 57.8 Å². The van der Waals surface area contributed by atoms with E-state index in [1.807, 2.05) is 18.5 Å². The van der Waals surface area contributed by atoms with Crippen LogP contribution >= 0.6 is 0 Å². The van der Waals surface area contributed by atoms with Gasteiger partial charge in [-0.2, -0.15) is 0 Å². The van der Waals surface area contributed by atoms with Crippen molar-refractivity contribution in [3.63, 3.8) is 0 Å². The van der Waals surface area contributed by atoms with Crippen LogP contribution in [0.3, 0.4) is 0 Å². The monoisotopic (exact) mass is 352 g/mol. The summed E-state index contributed by atoms with van der Waals surface area (Å²) in [7, 11) is 0. The quantitative estimate of drug-likeness (QED) is 0.838. The van der Waals surface area contributed by atoms with Crippen molar-refractivity contribution in [2.75, 3.05) is 13.1 Å². The summed E-state index contributed by atoms with van der Waals surface area (Å²) in [6, 6.07) is 6.23. The Bertz CT molecular complexity index is 778. The van der Waals surface area contributed by atoms with E-state index < -0.39 is 0 Å². The highest BCUT2D eigenvalue weighted by Gasteiger charge is 2.32. The van der Waals surface area contributed by atoms with E-state index in [0.717, 1.165) is 56.1 Å². The van der Waals surface area contributed by atoms with E-state index >= 15 is 0 Å². The summed E-state index contributed by atoms with van der Waals surface area (Å²) in [6.45, 7) is 6.01. The lowest BCUT2D eigenvalue weighted by Gasteiger charge is -2.37. The number of likely N-dealkylation sites (tertiary alicyclic amines) is 1. The molecule has 1 saturated carbocycles. The lowest BCUT2D eigenvalue weighted by molar-refractivity contribution is -0.139. The van der Waals surface area contributed by atoms with Crippen LogP contribution in [0.2, 0.25) is 0 Å². The van der Waals surface area contributed by atoms with E-state index in [9.17, 15) is 4.79 Å². The number of aromatic nitrogens is 3. The Morgan fingerprint density at radius 1 is 1.19 bits per heavy atom. The molecule has 1 amide bonds. The Kier molecular flexibility index (Phi) is 4.79. The zero-order valence-electron chi connectivity index (χ0n) is 15.8. The average Bonchev–Trinajstić information content (AvgIpc) is 3.10. The van der Waals surface area contributed by atoms with Gasteiger partial charge in [-0.3, -0.25) is 9.36 Å². The van der Waals surface area contributed by atoms with Gasteiger partial charge in [-0.15, -0.1) is 0 Å². The maximum absolute atomic E-state index is 12.6. The molecule has 1 atom stereocenters. The standard InChI is InChI=1S/C21H28N4O/c1-15(2)20-22-11-13-25(20)19-10-4-9-18(23-19)17-8-5-12-24(14-17)21(26)16-6-3-7-16/h4,9-11,13,15-17H,3,5-8,12,14H2,1-2H3/t17-/m0/s1. The minimum absolute atomic E-state index is 0.285. The zero-order valence-corrected chi connectivity index (χ0v) is 15.8. The number of pyridine rings is 1. The fraction of sp³-hybridized carbons (Fsp3) is 0.571. The summed E-state index contributed by atoms with van der Waals surface area (Å²) in [5, 5.41) is 0. The third kappa shape index (κ3) is 3.27. The molecule has 26 heavy (non-hydrogen) atoms. The summed E-state index contributed by atoms with van der Waals surface area (Å²) >= 11 is 0. The number of hydrogen-bond acceptors (Lipinski definition) is 3. The summed E-state index contributed by atoms with van der Waals surface area (Å²) in [5.41, 5.74) is 1.09. The molecule has 0 N–H and O–H groups in total. The molecule has 2 aromatic heterocycles. The normalized spacial score (nSPS) is 21.0. The van der Waals surface area contributed by atoms with E-state index in [1.165, 1.54) is 6.42 Å². The number of nitrogens with zero attached hydrogens (tertiary/aromatic N) is 4. The Balaban J connectivity index is 1.54. The van der Waals surface area contributed by atoms with Crippen molar-refractivity contribution in [3.05, 3.63) is 42.1 Å². The Labute approximate surface area is 155 Å². The first-order valence-corrected chi connectivity index (χ1v) is 9.93. The molecular weight excluding hydrogens is 324 g/mol. The minimum atomic E-state index is 0.285. The largest absolute Gasteiger partial charge is 0.342 e. The van der Waals surface area contributed by atoms with Crippen LogP contribution in [-0.4, -0.2) is 38.4 Å². The molecule has 2 fully saturated rings. The van der Waals surface area contributed by atoms with Crippen LogP contribution in [0.4, 0.5) is 0 Å². The van der Waals surface area contributed by atoms with Crippen molar-refractivity contribution < 1.29 is 4.79 Å². The van der Waals surface area contributed by atoms with Gasteiger partial charge in [-0.05, 0) is 37.8 Å². The molecule has 1 saturated heterocycles. The van der Waals surface area contributed by atoms with Crippen LogP contribution in [0.5, 0.6) is 0 Å². The molecule has 0 unspecified atom stereocenters. The van der Waals surface area contributed by atoms with Crippen molar-refractivity contribution in [1.29, 1.82) is 0 Å². The maximum Gasteiger partial charge on any atom is 0.225 e. The molecule has 138 valence electrons. The van der Waals surface area contributed by atoms with Gasteiger partial charge >= 0.3 is 0 Å². The van der Waals surface area contributed by atoms with Crippen molar-refractivity contribution >= 4 is 5.91 Å². The fourth-order valence-corrected chi connectivity index (χ4v) is 4.07. The summed E-state index contributed by atoms with van der Waals surface area (Å²) in [6.07, 6.45) is 9.35. The second kappa shape index (κ2) is 7.22. The molecule has 0 bridgehead atoms. The van der Waals surface area contributed by atoms with Crippen molar-refractivity contribution in [2.24, 2.45) is 5.92 Å². The molecule has 0 aromatic carbocycles. The van der Waals surface area contributed by atoms with Gasteiger partial charge in [-0.1, -0.05) is 26.3 Å². The van der Waals surface area contributed by atoms with E-state index in [0.29, 0.717) is 17.7 Å². The van der Waals surface area contributed by atoms with Gasteiger partial charge in [-0.25, -0.2) is 9.97 Å². The first kappa shape index (κ1) is 17.3. The molecule has 2 aliphatic rings. The number of rotatable bonds is 4. The highest BCUT2D eigenvalue weighted by Crippen LogP contribution is 2.32. The molecule has 5 nitrogen and oxygen atoms in total. The maximum atomic E-state index is 12.6. The smallest absolute Gasteiger partial charge is 0.225 e. The molecule has 1 aliphatic carbocycles. The van der Waals surface area contributed by atoms with Crippen molar-refractivity contribution in [1.82, 2.24) is 19.4 Å². The number of carbonyl (C=O) groups is 1. The Hall–Kier alpha value is -2.17. The summed E-state index contributed by atoms with van der Waals surface area (Å²) < 4.78 is 2.08. The predicted octanol–water partition coefficient (Wildman–Crippen LogP) is 3.90. The van der Waals surface area contributed by atoms with Crippen LogP contribution in [0.15, 0.2) is 30.6 Å². The van der Waals surface area contributed by atoms with Gasteiger partial charge in [0.05, 0.1) is 0 Å². The van der Waals surface area contributed by atoms with Gasteiger partial charge in [0.1, 0.15) is 11.6 Å². The summed E-state index contributed by atoms with van der Waals surface area (Å²) in [5.74, 6) is 3.28. The molecule has 1 aliphatic heterocycles. The van der Waals surface area contributed by atoms with Gasteiger partial charge in [0.15, 0.2) is 0 Å². The number of amides is 1. The Morgan fingerprint density at radius 3 is 2.77 bits per heavy atom. The molecule has 0 radical (unpaired) electrons. The first-order chi connectivity index (χ1) is 12.6. The SMILES string of the molecule is CC(C)c1nccn1-c1cccc([C@H]2CCCN(C(=O)C3CCC3)C2)n1. The highest BCUT2D eigenvalue weighted by atomic mass is 16.2. The van der Waals surface area contributed by atoms with Gasteiger partial charge in [0.2, 0.25) is 5.91 Å². The summed E-state index contributed by atoms with van der Waals surface area (Å²) in [4.78, 5) is 24.1. The van der Waals surface area contributed by atoms with E-state index in [2.05, 4.69) is 40.4 Å². The van der Waals surface area contributed by atoms with Gasteiger partial charge < -0.3 is 4.90 Å². The Morgan fingerprint density at radius 2 is 2.04 bits per heavy atom. The topological polar surface area (TPSA) is 51.0 Å². The lowest BCUT2D eigenvalue weighted by Crippen LogP contribution is -2.44. The van der Waals surface area contributed by atoms with Gasteiger partial charge in [0, 0.05) is 48.9 Å². The molecule has 3 heterocycles. The average molecular weight is 352 g/mol. The van der Waals surface area contributed by atoms with Gasteiger partial charge in [0.25, 0.3) is 0 Å². The molecule has 4 rings (SSSR count). The van der Waals surface area contributed by atoms with Crippen LogP contribution < -0.4 is 0 Å². The highest BCUT2D eigenvalue weighted by molar-refractivity contribution is 5.79. The van der Waals surface area contributed by atoms with Crippen molar-refractivity contribution in [3.8, 4) is 5.82 Å². The molecule has 5 heteroatoms. The van der Waals surface area contributed by atoms with E-state index in [1.54, 1.807) is 0 Å². The molecule has 0 spiro atoms. The van der Waals surface area contributed by atoms with E-state index in [4.69, 9.17) is 4.98 Å². The number of carbonyl (C=O) groups excluding carboxylic acids is 1. The lowest BCUT2D eigenvalue weighted by atomic mass is 9.83. The number of hydrogen-bond donors (Lipinski definition) is 0. The number of imidazole rings is 1. The molecule has 2 aromatic rings. The second-order valence-corrected chi connectivity index (χ2v) is 7.98. The third-order valence-electron chi connectivity index (χ3n) is 5.79. The fourth-order valence-electron chi connectivity index (χ4n) is 4.07. The minimum Gasteiger partial charge on any atom is -0.342 e. The van der Waals surface area contributed by atoms with Crippen LogP contribution in [0.25, 0.3) is 5.82 Å². The first-order valence-electron chi connectivity index (χ1n) is 9.93.